The Kier molecular flexibility index (Phi) is 2.06. The van der Waals surface area contributed by atoms with Crippen molar-refractivity contribution in [2.45, 2.75) is 0 Å². The van der Waals surface area contributed by atoms with Crippen LogP contribution in [0.4, 0.5) is 0 Å². The van der Waals surface area contributed by atoms with E-state index in [2.05, 4.69) is 4.98 Å². The molecular formula is C9H7GaNO. The van der Waals surface area contributed by atoms with Crippen LogP contribution in [0.3, 0.4) is 0 Å². The summed E-state index contributed by atoms with van der Waals surface area (Å²) in [7, 11) is 0. The maximum absolute atomic E-state index is 5.29. The number of hydrogen-bond donors (Lipinski definition) is 0. The van der Waals surface area contributed by atoms with Gasteiger partial charge in [0.25, 0.3) is 0 Å². The predicted octanol–water partition coefficient (Wildman–Crippen LogP) is 1.43. The molecule has 0 aliphatic heterocycles. The molecule has 0 N–H and O–H groups in total. The van der Waals surface area contributed by atoms with Gasteiger partial charge in [0.1, 0.15) is 0 Å². The van der Waals surface area contributed by atoms with Gasteiger partial charge in [0.05, 0.1) is 0 Å². The number of para-hydroxylation sites is 1. The van der Waals surface area contributed by atoms with E-state index in [9.17, 15) is 0 Å². The summed E-state index contributed by atoms with van der Waals surface area (Å²) in [6.45, 7) is 0. The number of pyridine rings is 1. The van der Waals surface area contributed by atoms with E-state index < -0.39 is 0 Å². The second-order valence-corrected chi connectivity index (χ2v) is 3.08. The summed E-state index contributed by atoms with van der Waals surface area (Å²) in [6, 6.07) is 9.92. The fourth-order valence-corrected chi connectivity index (χ4v) is 1.68. The van der Waals surface area contributed by atoms with E-state index in [1.165, 1.54) is 0 Å². The van der Waals surface area contributed by atoms with E-state index in [0.29, 0.717) is 0 Å². The van der Waals surface area contributed by atoms with Crippen molar-refractivity contribution in [2.24, 2.45) is 0 Å². The SMILES string of the molecule is [GaH][O]c1cccc2cccnc12. The Labute approximate surface area is 80.9 Å². The molecule has 0 aliphatic rings. The Bertz CT molecular complexity index is 397. The van der Waals surface area contributed by atoms with Crippen LogP contribution in [0.5, 0.6) is 5.75 Å². The molecule has 3 heteroatoms. The van der Waals surface area contributed by atoms with Crippen LogP contribution in [0.2, 0.25) is 0 Å². The molecule has 1 radical (unpaired) electrons. The van der Waals surface area contributed by atoms with Crippen LogP contribution in [-0.4, -0.2) is 23.9 Å². The maximum atomic E-state index is 5.29. The Balaban J connectivity index is 2.79. The van der Waals surface area contributed by atoms with Gasteiger partial charge in [0.15, 0.2) is 0 Å². The minimum absolute atomic E-state index is 0.801. The number of rotatable bonds is 1. The number of fused-ring (bicyclic) bond motifs is 1. The predicted molar refractivity (Wildman–Crippen MR) is 49.5 cm³/mol. The van der Waals surface area contributed by atoms with Crippen molar-refractivity contribution >= 4 is 29.9 Å². The molecule has 0 atom stereocenters. The zero-order chi connectivity index (χ0) is 8.39. The first-order valence-corrected chi connectivity index (χ1v) is 4.89. The van der Waals surface area contributed by atoms with E-state index in [1.54, 1.807) is 6.20 Å². The summed E-state index contributed by atoms with van der Waals surface area (Å²) in [5.74, 6) is 0.883. The van der Waals surface area contributed by atoms with Crippen LogP contribution >= 0.6 is 0 Å². The molecule has 0 bridgehead atoms. The van der Waals surface area contributed by atoms with Gasteiger partial charge < -0.3 is 0 Å². The first-order chi connectivity index (χ1) is 5.92. The molecule has 57 valence electrons. The van der Waals surface area contributed by atoms with Crippen LogP contribution in [0.1, 0.15) is 0 Å². The minimum atomic E-state index is 0.801. The molecule has 1 heterocycles. The standard InChI is InChI=1S/C9H7NO.Ga.H/c11-8-5-1-3-7-4-2-6-10-9(7)8;;/h1-6,11H;;/q;+1;/p-1. The van der Waals surface area contributed by atoms with Gasteiger partial charge in [-0.05, 0) is 0 Å². The van der Waals surface area contributed by atoms with Gasteiger partial charge in [-0.1, -0.05) is 0 Å². The van der Waals surface area contributed by atoms with Crippen LogP contribution in [0.25, 0.3) is 10.9 Å². The third-order valence-electron chi connectivity index (χ3n) is 1.75. The van der Waals surface area contributed by atoms with Crippen molar-refractivity contribution in [3.63, 3.8) is 0 Å². The number of nitrogens with zero attached hydrogens (tertiary/aromatic N) is 1. The summed E-state index contributed by atoms with van der Waals surface area (Å²) in [5.41, 5.74) is 0.950. The van der Waals surface area contributed by atoms with Gasteiger partial charge in [0.2, 0.25) is 0 Å². The Morgan fingerprint density at radius 2 is 2.00 bits per heavy atom. The summed E-state index contributed by atoms with van der Waals surface area (Å²) in [5, 5.41) is 1.13. The first kappa shape index (κ1) is 7.70. The average Bonchev–Trinajstić information content (AvgIpc) is 2.17. The topological polar surface area (TPSA) is 22.1 Å². The normalized spacial score (nSPS) is 10.0. The molecule has 1 aromatic carbocycles. The summed E-state index contributed by atoms with van der Waals surface area (Å²) >= 11 is 0.801. The zero-order valence-corrected chi connectivity index (χ0v) is 9.49. The van der Waals surface area contributed by atoms with Crippen LogP contribution in [0.15, 0.2) is 36.5 Å². The monoisotopic (exact) mass is 214 g/mol. The van der Waals surface area contributed by atoms with Gasteiger partial charge in [-0.2, -0.15) is 0 Å². The molecular weight excluding hydrogens is 208 g/mol. The second kappa shape index (κ2) is 3.21. The molecule has 0 spiro atoms. The summed E-state index contributed by atoms with van der Waals surface area (Å²) in [6.07, 6.45) is 1.78. The molecule has 0 fully saturated rings. The van der Waals surface area contributed by atoms with Crippen molar-refractivity contribution in [1.82, 2.24) is 4.98 Å². The molecule has 2 aromatic rings. The van der Waals surface area contributed by atoms with E-state index in [-0.39, 0.29) is 0 Å². The third kappa shape index (κ3) is 1.21. The molecule has 0 aliphatic carbocycles. The van der Waals surface area contributed by atoms with E-state index in [0.717, 1.165) is 35.6 Å². The molecule has 2 nitrogen and oxygen atoms in total. The number of benzene rings is 1. The van der Waals surface area contributed by atoms with Crippen molar-refractivity contribution in [1.29, 1.82) is 0 Å². The van der Waals surface area contributed by atoms with Gasteiger partial charge in [-0.15, -0.1) is 0 Å². The molecule has 0 unspecified atom stereocenters. The Morgan fingerprint density at radius 1 is 1.17 bits per heavy atom. The zero-order valence-electron chi connectivity index (χ0n) is 6.53. The molecule has 2 rings (SSSR count). The van der Waals surface area contributed by atoms with Crippen LogP contribution in [0, 0.1) is 0 Å². The summed E-state index contributed by atoms with van der Waals surface area (Å²) < 4.78 is 5.29. The Morgan fingerprint density at radius 3 is 2.83 bits per heavy atom. The van der Waals surface area contributed by atoms with Crippen molar-refractivity contribution < 1.29 is 3.53 Å². The molecule has 0 saturated carbocycles. The number of hydrogen-bond acceptors (Lipinski definition) is 2. The molecule has 12 heavy (non-hydrogen) atoms. The van der Waals surface area contributed by atoms with Gasteiger partial charge in [-0.25, -0.2) is 0 Å². The van der Waals surface area contributed by atoms with Crippen molar-refractivity contribution in [2.75, 3.05) is 0 Å². The van der Waals surface area contributed by atoms with E-state index in [1.807, 2.05) is 30.3 Å². The molecule has 1 aromatic heterocycles. The van der Waals surface area contributed by atoms with Crippen LogP contribution < -0.4 is 3.53 Å². The molecule has 0 saturated heterocycles. The fraction of sp³-hybridized carbons (Fsp3) is 0. The molecule has 0 amide bonds. The Hall–Kier alpha value is -0.934. The third-order valence-corrected chi connectivity index (χ3v) is 2.40. The van der Waals surface area contributed by atoms with Crippen LogP contribution in [-0.2, 0) is 0 Å². The second-order valence-electron chi connectivity index (χ2n) is 2.48. The fourth-order valence-electron chi connectivity index (χ4n) is 1.19. The van der Waals surface area contributed by atoms with Crippen molar-refractivity contribution in [3.8, 4) is 5.75 Å². The summed E-state index contributed by atoms with van der Waals surface area (Å²) in [4.78, 5) is 4.25. The van der Waals surface area contributed by atoms with Crippen molar-refractivity contribution in [3.05, 3.63) is 36.5 Å². The first-order valence-electron chi connectivity index (χ1n) is 3.67. The van der Waals surface area contributed by atoms with Gasteiger partial charge in [0, 0.05) is 0 Å². The van der Waals surface area contributed by atoms with Gasteiger partial charge in [-0.3, -0.25) is 0 Å². The number of aromatic nitrogens is 1. The quantitative estimate of drug-likeness (QED) is 0.671. The van der Waals surface area contributed by atoms with E-state index in [4.69, 9.17) is 3.53 Å². The van der Waals surface area contributed by atoms with E-state index >= 15 is 0 Å². The van der Waals surface area contributed by atoms with Gasteiger partial charge >= 0.3 is 80.7 Å². The average molecular weight is 215 g/mol.